The maximum absolute atomic E-state index is 14.0. The van der Waals surface area contributed by atoms with Crippen LogP contribution in [0.5, 0.6) is 11.5 Å². The molecule has 17 heteroatoms. The van der Waals surface area contributed by atoms with Crippen LogP contribution in [0.15, 0.2) is 118 Å². The van der Waals surface area contributed by atoms with Crippen molar-refractivity contribution in [3.8, 4) is 22.6 Å². The summed E-state index contributed by atoms with van der Waals surface area (Å²) in [5.41, 5.74) is 5.44. The number of unbranched alkanes of at least 4 members (excludes halogenated alkanes) is 5. The Bertz CT molecular complexity index is 3590. The van der Waals surface area contributed by atoms with Gasteiger partial charge >= 0.3 is 26.2 Å². The highest BCUT2D eigenvalue weighted by Gasteiger charge is 2.55. The molecule has 0 atom stereocenters. The Morgan fingerprint density at radius 3 is 1.36 bits per heavy atom. The molecule has 0 unspecified atom stereocenters. The molecule has 2 aliphatic heterocycles. The van der Waals surface area contributed by atoms with Crippen LogP contribution in [0.2, 0.25) is 0 Å². The fourth-order valence-corrected chi connectivity index (χ4v) is 12.8. The van der Waals surface area contributed by atoms with Crippen molar-refractivity contribution in [3.05, 3.63) is 169 Å². The summed E-state index contributed by atoms with van der Waals surface area (Å²) >= 11 is 7.19. The third-order valence-corrected chi connectivity index (χ3v) is 19.1. The second kappa shape index (κ2) is 28.2. The third-order valence-electron chi connectivity index (χ3n) is 18.2. The molecule has 10 rings (SSSR count). The van der Waals surface area contributed by atoms with Gasteiger partial charge in [-0.2, -0.15) is 0 Å². The van der Waals surface area contributed by atoms with E-state index in [0.29, 0.717) is 35.8 Å². The zero-order chi connectivity index (χ0) is 64.1. The van der Waals surface area contributed by atoms with E-state index in [9.17, 15) is 9.59 Å². The molecular weight excluding hydrogens is 1250 g/mol. The zero-order valence-corrected chi connectivity index (χ0v) is 57.0. The molecular formula is C72H83B2Br2NO12. The summed E-state index contributed by atoms with van der Waals surface area (Å²) in [4.78, 5) is 32.0. The van der Waals surface area contributed by atoms with Crippen LogP contribution in [0.3, 0.4) is 0 Å². The van der Waals surface area contributed by atoms with Gasteiger partial charge in [-0.05, 0) is 190 Å². The average molecular weight is 1340 g/mol. The fourth-order valence-electron chi connectivity index (χ4n) is 12.1. The van der Waals surface area contributed by atoms with Gasteiger partial charge in [0.25, 0.3) is 0 Å². The number of esters is 2. The lowest BCUT2D eigenvalue weighted by Gasteiger charge is -2.35. The highest BCUT2D eigenvalue weighted by atomic mass is 79.9. The molecule has 89 heavy (non-hydrogen) atoms. The van der Waals surface area contributed by atoms with Gasteiger partial charge in [0.05, 0.1) is 60.8 Å². The maximum atomic E-state index is 14.0. The Labute approximate surface area is 543 Å². The predicted molar refractivity (Wildman–Crippen MR) is 362 cm³/mol. The highest BCUT2D eigenvalue weighted by molar-refractivity contribution is 9.10. The van der Waals surface area contributed by atoms with Gasteiger partial charge in [-0.3, -0.25) is 0 Å². The van der Waals surface area contributed by atoms with Crippen molar-refractivity contribution < 1.29 is 56.6 Å². The van der Waals surface area contributed by atoms with E-state index in [-0.39, 0.29) is 37.6 Å². The first-order chi connectivity index (χ1) is 42.5. The Kier molecular flexibility index (Phi) is 21.3. The number of carbonyl (C=O) groups is 2. The van der Waals surface area contributed by atoms with E-state index >= 15 is 0 Å². The Morgan fingerprint density at radius 2 is 0.933 bits per heavy atom. The topological polar surface area (TPSA) is 131 Å². The minimum Gasteiger partial charge on any atom is -0.490 e. The van der Waals surface area contributed by atoms with Gasteiger partial charge in [0.2, 0.25) is 0 Å². The molecule has 2 fully saturated rings. The normalized spacial score (nSPS) is 16.3. The molecule has 2 saturated heterocycles. The number of hydrogen-bond acceptors (Lipinski definition) is 12. The first-order valence-corrected chi connectivity index (χ1v) is 32.7. The van der Waals surface area contributed by atoms with Gasteiger partial charge < -0.3 is 47.0 Å². The molecule has 0 spiro atoms. The van der Waals surface area contributed by atoms with Crippen LogP contribution in [-0.4, -0.2) is 102 Å². The van der Waals surface area contributed by atoms with Crippen LogP contribution in [-0.2, 0) is 49.4 Å². The van der Waals surface area contributed by atoms with Gasteiger partial charge in [-0.15, -0.1) is 0 Å². The predicted octanol–water partition coefficient (Wildman–Crippen LogP) is 16.0. The fraction of sp³-hybridized carbons (Fsp3) is 0.431. The number of nitrogens with zero attached hydrogens (tertiary/aromatic N) is 1. The van der Waals surface area contributed by atoms with Crippen molar-refractivity contribution in [2.45, 2.75) is 149 Å². The first-order valence-electron chi connectivity index (χ1n) is 31.1. The van der Waals surface area contributed by atoms with Gasteiger partial charge in [0.15, 0.2) is 5.69 Å². The second-order valence-corrected chi connectivity index (χ2v) is 26.7. The maximum Gasteiger partial charge on any atom is 0.494 e. The number of aryl methyl sites for hydroxylation is 1. The average Bonchev–Trinajstić information content (AvgIpc) is 1.58. The molecule has 3 aliphatic rings. The summed E-state index contributed by atoms with van der Waals surface area (Å²) in [6, 6.07) is 36.4. The lowest BCUT2D eigenvalue weighted by atomic mass is 9.64. The minimum atomic E-state index is -1.22. The van der Waals surface area contributed by atoms with E-state index in [0.717, 1.165) is 71.4 Å². The summed E-state index contributed by atoms with van der Waals surface area (Å²) in [6.07, 6.45) is 8.58. The summed E-state index contributed by atoms with van der Waals surface area (Å²) in [7, 11) is 1.79. The van der Waals surface area contributed by atoms with E-state index in [4.69, 9.17) is 53.6 Å². The summed E-state index contributed by atoms with van der Waals surface area (Å²) in [5.74, 6) is -0.416. The van der Waals surface area contributed by atoms with E-state index in [1.54, 1.807) is 40.2 Å². The van der Waals surface area contributed by atoms with Crippen LogP contribution in [0.25, 0.3) is 37.5 Å². The van der Waals surface area contributed by atoms with Gasteiger partial charge in [-0.25, -0.2) is 14.4 Å². The molecule has 0 radical (unpaired) electrons. The van der Waals surface area contributed by atoms with Gasteiger partial charge in [0, 0.05) is 23.2 Å². The number of hydrogen-bond donors (Lipinski definition) is 0. The van der Waals surface area contributed by atoms with Crippen molar-refractivity contribution >= 4 is 96.2 Å². The monoisotopic (exact) mass is 1330 g/mol. The number of carbonyl (C=O) groups excluding carboxylic acids is 2. The SMILES string of the molecule is CCOC(=O)c1cc(C2(c3ccc(OCCOC)c(C(=O)OCC)c3)c3cc(B4OC(C)(C)C(C)(C)O4)ccc3-c3ccc(B4OC(C)(C)C(C)(C)O4)cc32)ccc1OCCOC.[C-]#[N+]c1c(CCCCCCCC)c2cc(Br)ccc2c2ccc(Br)cc12. The second-order valence-electron chi connectivity index (χ2n) is 24.9. The molecule has 468 valence electrons. The van der Waals surface area contributed by atoms with Crippen LogP contribution in [0, 0.1) is 6.57 Å². The molecule has 2 heterocycles. The third kappa shape index (κ3) is 13.6. The van der Waals surface area contributed by atoms with E-state index in [1.165, 1.54) is 48.4 Å². The van der Waals surface area contributed by atoms with Crippen LogP contribution in [0.1, 0.15) is 163 Å². The van der Waals surface area contributed by atoms with E-state index < -0.39 is 54.0 Å². The number of rotatable bonds is 23. The molecule has 13 nitrogen and oxygen atoms in total. The smallest absolute Gasteiger partial charge is 0.490 e. The molecule has 7 aromatic rings. The lowest BCUT2D eigenvalue weighted by Crippen LogP contribution is -2.41. The van der Waals surface area contributed by atoms with Crippen molar-refractivity contribution in [2.75, 3.05) is 53.9 Å². The van der Waals surface area contributed by atoms with Gasteiger partial charge in [-0.1, -0.05) is 144 Å². The highest BCUT2D eigenvalue weighted by Crippen LogP contribution is 2.57. The van der Waals surface area contributed by atoms with Crippen LogP contribution in [0.4, 0.5) is 5.69 Å². The Balaban J connectivity index is 0.000000301. The van der Waals surface area contributed by atoms with Crippen LogP contribution >= 0.6 is 31.9 Å². The summed E-state index contributed by atoms with van der Waals surface area (Å²) < 4.78 is 62.8. The minimum absolute atomic E-state index is 0.152. The Morgan fingerprint density at radius 1 is 0.506 bits per heavy atom. The van der Waals surface area contributed by atoms with Crippen molar-refractivity contribution in [3.63, 3.8) is 0 Å². The largest absolute Gasteiger partial charge is 0.494 e. The van der Waals surface area contributed by atoms with Crippen molar-refractivity contribution in [1.29, 1.82) is 0 Å². The van der Waals surface area contributed by atoms with E-state index in [2.05, 4.69) is 104 Å². The molecule has 0 bridgehead atoms. The number of benzene rings is 7. The van der Waals surface area contributed by atoms with E-state index in [1.807, 2.05) is 91.8 Å². The molecule has 0 amide bonds. The molecule has 0 N–H and O–H groups in total. The standard InChI is InChI=1S/C49H60B2O12.C23H23Br2N/c1-13-56-43(52)37-27-31(15-21-41(37)58-25-23-54-11)49(32-16-22-42(59-26-24-55-12)38(28-32)44(53)57-14-2)39-29-33(50-60-45(3,4)46(5,6)61-50)17-19-35(39)36-20-18-34(30-40(36)49)51-62-47(7,8)48(9,10)63-51;1-3-4-5-6-7-8-9-20-21-14-16(24)10-12-18(21)19-13-11-17(25)15-22(19)23(20)26-2/h15-22,27-30H,13-14,23-26H2,1-12H3;10-15H,3-9H2,1H3. The number of methoxy groups -OCH3 is 2. The summed E-state index contributed by atoms with van der Waals surface area (Å²) in [6.45, 7) is 31.2. The zero-order valence-electron chi connectivity index (χ0n) is 53.8. The Hall–Kier alpha value is -6.06. The first kappa shape index (κ1) is 67.3. The van der Waals surface area contributed by atoms with Crippen molar-refractivity contribution in [2.24, 2.45) is 0 Å². The molecule has 0 aromatic heterocycles. The van der Waals surface area contributed by atoms with Crippen LogP contribution < -0.4 is 20.4 Å². The quantitative estimate of drug-likeness (QED) is 0.0199. The van der Waals surface area contributed by atoms with Gasteiger partial charge in [0.1, 0.15) is 35.8 Å². The molecule has 1 aliphatic carbocycles. The lowest BCUT2D eigenvalue weighted by molar-refractivity contribution is 0.00578. The number of halogens is 2. The molecule has 7 aromatic carbocycles. The van der Waals surface area contributed by atoms with Crippen molar-refractivity contribution in [1.82, 2.24) is 0 Å². The number of fused-ring (bicyclic) bond motifs is 6. The summed E-state index contributed by atoms with van der Waals surface area (Å²) in [5, 5.41) is 4.68. The molecule has 0 saturated carbocycles. The number of ether oxygens (including phenoxy) is 6.